The number of rotatable bonds is 4. The first-order chi connectivity index (χ1) is 8.23. The maximum absolute atomic E-state index is 12.0. The number of benzene rings is 1. The normalized spacial score (nSPS) is 12.9. The van der Waals surface area contributed by atoms with E-state index in [0.717, 1.165) is 3.57 Å². The molecule has 1 aromatic rings. The molecule has 4 nitrogen and oxygen atoms in total. The van der Waals surface area contributed by atoms with Crippen molar-refractivity contribution in [2.45, 2.75) is 24.6 Å². The Morgan fingerprint density at radius 1 is 1.39 bits per heavy atom. The molecule has 0 aliphatic rings. The number of hydrogen-bond donors (Lipinski definition) is 3. The summed E-state index contributed by atoms with van der Waals surface area (Å²) in [6.07, 6.45) is 0. The molecule has 0 aliphatic heterocycles. The van der Waals surface area contributed by atoms with Gasteiger partial charge in [0.1, 0.15) is 6.04 Å². The molecule has 0 fully saturated rings. The third-order valence-corrected chi connectivity index (χ3v) is 3.55. The molecule has 0 aromatic heterocycles. The molecule has 0 spiro atoms. The predicted molar refractivity (Wildman–Crippen MR) is 81.1 cm³/mol. The van der Waals surface area contributed by atoms with Crippen molar-refractivity contribution in [3.63, 3.8) is 0 Å². The van der Waals surface area contributed by atoms with Crippen LogP contribution in [0, 0.1) is 3.57 Å². The lowest BCUT2D eigenvalue weighted by Gasteiger charge is -2.27. The predicted octanol–water partition coefficient (Wildman–Crippen LogP) is 2.18. The van der Waals surface area contributed by atoms with E-state index < -0.39 is 22.7 Å². The van der Waals surface area contributed by atoms with E-state index in [1.54, 1.807) is 32.0 Å². The van der Waals surface area contributed by atoms with Gasteiger partial charge in [-0.25, -0.2) is 4.79 Å². The average molecular weight is 379 g/mol. The smallest absolute Gasteiger partial charge is 0.327 e. The van der Waals surface area contributed by atoms with Crippen LogP contribution in [0.1, 0.15) is 24.2 Å². The molecule has 1 atom stereocenters. The summed E-state index contributed by atoms with van der Waals surface area (Å²) in [4.78, 5) is 23.1. The molecule has 2 N–H and O–H groups in total. The molecule has 6 heteroatoms. The molecule has 0 saturated heterocycles. The summed E-state index contributed by atoms with van der Waals surface area (Å²) < 4.78 is -0.0736. The molecule has 98 valence electrons. The van der Waals surface area contributed by atoms with Crippen molar-refractivity contribution >= 4 is 47.1 Å². The van der Waals surface area contributed by atoms with Gasteiger partial charge in [0.15, 0.2) is 0 Å². The van der Waals surface area contributed by atoms with Crippen LogP contribution in [0.25, 0.3) is 0 Å². The Morgan fingerprint density at radius 3 is 2.39 bits per heavy atom. The fourth-order valence-electron chi connectivity index (χ4n) is 1.39. The molecular weight excluding hydrogens is 365 g/mol. The van der Waals surface area contributed by atoms with Gasteiger partial charge in [0, 0.05) is 8.32 Å². The third kappa shape index (κ3) is 3.88. The minimum Gasteiger partial charge on any atom is -0.480 e. The van der Waals surface area contributed by atoms with Gasteiger partial charge >= 0.3 is 5.97 Å². The van der Waals surface area contributed by atoms with E-state index in [4.69, 9.17) is 5.11 Å². The van der Waals surface area contributed by atoms with Crippen LogP contribution in [-0.2, 0) is 4.79 Å². The van der Waals surface area contributed by atoms with Crippen molar-refractivity contribution in [3.05, 3.63) is 33.4 Å². The summed E-state index contributed by atoms with van der Waals surface area (Å²) in [5.74, 6) is -1.51. The number of thiol groups is 1. The van der Waals surface area contributed by atoms with E-state index in [1.807, 2.05) is 28.7 Å². The van der Waals surface area contributed by atoms with Gasteiger partial charge in [-0.2, -0.15) is 12.6 Å². The Bertz CT molecular complexity index is 471. The fraction of sp³-hybridized carbons (Fsp3) is 0.333. The summed E-state index contributed by atoms with van der Waals surface area (Å²) in [7, 11) is 0. The Balaban J connectivity index is 2.93. The number of hydrogen-bond acceptors (Lipinski definition) is 3. The number of carboxylic acids is 1. The number of carboxylic acid groups (broad SMARTS) is 1. The summed E-state index contributed by atoms with van der Waals surface area (Å²) in [6, 6.07) is 5.94. The fourth-order valence-corrected chi connectivity index (χ4v) is 2.20. The minimum absolute atomic E-state index is 0.408. The van der Waals surface area contributed by atoms with Crippen molar-refractivity contribution in [3.8, 4) is 0 Å². The highest BCUT2D eigenvalue weighted by molar-refractivity contribution is 14.1. The number of aliphatic carboxylic acids is 1. The first-order valence-electron chi connectivity index (χ1n) is 5.24. The number of amides is 1. The van der Waals surface area contributed by atoms with Crippen molar-refractivity contribution in [2.24, 2.45) is 0 Å². The quantitative estimate of drug-likeness (QED) is 0.555. The Labute approximate surface area is 125 Å². The van der Waals surface area contributed by atoms with Gasteiger partial charge in [-0.05, 0) is 48.6 Å². The summed E-state index contributed by atoms with van der Waals surface area (Å²) in [5.41, 5.74) is 0.460. The first kappa shape index (κ1) is 15.3. The van der Waals surface area contributed by atoms with Gasteiger partial charge in [0.25, 0.3) is 5.91 Å². The molecule has 0 heterocycles. The molecule has 1 amide bonds. The molecule has 0 saturated carbocycles. The van der Waals surface area contributed by atoms with Crippen LogP contribution in [0.3, 0.4) is 0 Å². The van der Waals surface area contributed by atoms with Crippen LogP contribution in [0.4, 0.5) is 0 Å². The van der Waals surface area contributed by atoms with Crippen LogP contribution in [-0.4, -0.2) is 27.8 Å². The molecule has 1 aromatic carbocycles. The average Bonchev–Trinajstić information content (AvgIpc) is 2.24. The summed E-state index contributed by atoms with van der Waals surface area (Å²) in [5, 5.41) is 11.6. The third-order valence-electron chi connectivity index (χ3n) is 2.35. The standard InChI is InChI=1S/C12H14INO3S/c1-12(2,18)9(11(16)17)14-10(15)7-5-3-4-6-8(7)13/h3-6,9,18H,1-2H3,(H,14,15)(H,16,17). The summed E-state index contributed by atoms with van der Waals surface area (Å²) in [6.45, 7) is 3.29. The Kier molecular flexibility index (Phi) is 5.03. The number of halogens is 1. The second-order valence-electron chi connectivity index (χ2n) is 4.38. The minimum atomic E-state index is -1.10. The van der Waals surface area contributed by atoms with Crippen molar-refractivity contribution < 1.29 is 14.7 Å². The van der Waals surface area contributed by atoms with E-state index in [1.165, 1.54) is 0 Å². The number of carbonyl (C=O) groups excluding carboxylic acids is 1. The molecule has 1 rings (SSSR count). The van der Waals surface area contributed by atoms with Gasteiger partial charge in [-0.1, -0.05) is 12.1 Å². The maximum atomic E-state index is 12.0. The molecule has 0 aliphatic carbocycles. The van der Waals surface area contributed by atoms with Crippen LogP contribution >= 0.6 is 35.2 Å². The van der Waals surface area contributed by atoms with E-state index in [0.29, 0.717) is 5.56 Å². The van der Waals surface area contributed by atoms with Gasteiger partial charge < -0.3 is 10.4 Å². The van der Waals surface area contributed by atoms with E-state index in [9.17, 15) is 9.59 Å². The van der Waals surface area contributed by atoms with Gasteiger partial charge in [-0.15, -0.1) is 0 Å². The van der Waals surface area contributed by atoms with Gasteiger partial charge in [0.2, 0.25) is 0 Å². The molecular formula is C12H14INO3S. The lowest BCUT2D eigenvalue weighted by atomic mass is 10.0. The van der Waals surface area contributed by atoms with Crippen molar-refractivity contribution in [1.29, 1.82) is 0 Å². The van der Waals surface area contributed by atoms with E-state index >= 15 is 0 Å². The van der Waals surface area contributed by atoms with Crippen LogP contribution in [0.5, 0.6) is 0 Å². The largest absolute Gasteiger partial charge is 0.480 e. The maximum Gasteiger partial charge on any atom is 0.327 e. The lowest BCUT2D eigenvalue weighted by Crippen LogP contribution is -2.51. The SMILES string of the molecule is CC(C)(S)C(NC(=O)c1ccccc1I)C(=O)O. The monoisotopic (exact) mass is 379 g/mol. The highest BCUT2D eigenvalue weighted by Crippen LogP contribution is 2.19. The van der Waals surface area contributed by atoms with E-state index in [2.05, 4.69) is 17.9 Å². The van der Waals surface area contributed by atoms with Crippen molar-refractivity contribution in [1.82, 2.24) is 5.32 Å². The first-order valence-corrected chi connectivity index (χ1v) is 6.76. The second-order valence-corrected chi connectivity index (χ2v) is 6.69. The van der Waals surface area contributed by atoms with Crippen LogP contribution in [0.15, 0.2) is 24.3 Å². The zero-order valence-corrected chi connectivity index (χ0v) is 13.0. The highest BCUT2D eigenvalue weighted by atomic mass is 127. The van der Waals surface area contributed by atoms with Crippen LogP contribution < -0.4 is 5.32 Å². The van der Waals surface area contributed by atoms with Crippen LogP contribution in [0.2, 0.25) is 0 Å². The van der Waals surface area contributed by atoms with Gasteiger partial charge in [0.05, 0.1) is 5.56 Å². The molecule has 18 heavy (non-hydrogen) atoms. The molecule has 0 radical (unpaired) electrons. The Hall–Kier alpha value is -0.760. The van der Waals surface area contributed by atoms with Crippen molar-refractivity contribution in [2.75, 3.05) is 0 Å². The zero-order valence-electron chi connectivity index (χ0n) is 9.98. The molecule has 1 unspecified atom stereocenters. The Morgan fingerprint density at radius 2 is 1.94 bits per heavy atom. The highest BCUT2D eigenvalue weighted by Gasteiger charge is 2.34. The lowest BCUT2D eigenvalue weighted by molar-refractivity contribution is -0.139. The van der Waals surface area contributed by atoms with Gasteiger partial charge in [-0.3, -0.25) is 4.79 Å². The molecule has 0 bridgehead atoms. The second kappa shape index (κ2) is 5.92. The number of nitrogens with one attached hydrogen (secondary N) is 1. The van der Waals surface area contributed by atoms with E-state index in [-0.39, 0.29) is 0 Å². The topological polar surface area (TPSA) is 66.4 Å². The number of carbonyl (C=O) groups is 2. The summed E-state index contributed by atoms with van der Waals surface area (Å²) >= 11 is 6.24. The zero-order chi connectivity index (χ0) is 13.9.